The SMILES string of the molecule is Cc1nc(COc2ccc(Cl)cc2)sc1C(=O)OCC(=O)N1CCCCCC1. The minimum absolute atomic E-state index is 0.135. The highest BCUT2D eigenvalue weighted by atomic mass is 35.5. The summed E-state index contributed by atoms with van der Waals surface area (Å²) in [6.07, 6.45) is 4.30. The molecule has 6 nitrogen and oxygen atoms in total. The summed E-state index contributed by atoms with van der Waals surface area (Å²) in [5, 5.41) is 1.30. The molecule has 1 amide bonds. The molecule has 1 aromatic heterocycles. The fourth-order valence-corrected chi connectivity index (χ4v) is 3.98. The number of benzene rings is 1. The van der Waals surface area contributed by atoms with Crippen LogP contribution in [0.15, 0.2) is 24.3 Å². The van der Waals surface area contributed by atoms with Gasteiger partial charge in [0, 0.05) is 18.1 Å². The molecule has 2 aromatic rings. The van der Waals surface area contributed by atoms with E-state index in [1.165, 1.54) is 11.3 Å². The lowest BCUT2D eigenvalue weighted by molar-refractivity contribution is -0.134. The summed E-state index contributed by atoms with van der Waals surface area (Å²) < 4.78 is 10.9. The van der Waals surface area contributed by atoms with Crippen molar-refractivity contribution in [2.75, 3.05) is 19.7 Å². The first-order chi connectivity index (χ1) is 13.5. The summed E-state index contributed by atoms with van der Waals surface area (Å²) in [5.74, 6) is 0.0176. The van der Waals surface area contributed by atoms with Crippen LogP contribution in [0.4, 0.5) is 0 Å². The van der Waals surface area contributed by atoms with Crippen LogP contribution >= 0.6 is 22.9 Å². The zero-order valence-corrected chi connectivity index (χ0v) is 17.4. The molecule has 2 heterocycles. The van der Waals surface area contributed by atoms with E-state index in [2.05, 4.69) is 4.98 Å². The number of thiazole rings is 1. The van der Waals surface area contributed by atoms with Crippen LogP contribution in [-0.2, 0) is 16.1 Å². The van der Waals surface area contributed by atoms with Crippen LogP contribution in [-0.4, -0.2) is 41.5 Å². The molecule has 0 saturated carbocycles. The molecule has 1 saturated heterocycles. The maximum atomic E-state index is 12.4. The number of aryl methyl sites for hydroxylation is 1. The van der Waals surface area contributed by atoms with Crippen LogP contribution in [0.2, 0.25) is 5.02 Å². The van der Waals surface area contributed by atoms with Crippen molar-refractivity contribution in [1.29, 1.82) is 0 Å². The molecule has 1 aliphatic rings. The van der Waals surface area contributed by atoms with E-state index in [1.54, 1.807) is 36.1 Å². The molecule has 0 N–H and O–H groups in total. The summed E-state index contributed by atoms with van der Waals surface area (Å²) in [4.78, 5) is 31.2. The monoisotopic (exact) mass is 422 g/mol. The van der Waals surface area contributed by atoms with E-state index in [-0.39, 0.29) is 19.1 Å². The number of rotatable bonds is 6. The predicted octanol–water partition coefficient (Wildman–Crippen LogP) is 4.24. The third-order valence-corrected chi connectivity index (χ3v) is 5.85. The second-order valence-electron chi connectivity index (χ2n) is 6.64. The van der Waals surface area contributed by atoms with E-state index in [1.807, 2.05) is 0 Å². The standard InChI is InChI=1S/C20H23ClN2O4S/c1-14-19(20(25)27-13-18(24)23-10-4-2-3-5-11-23)28-17(22-14)12-26-16-8-6-15(21)7-9-16/h6-9H,2-5,10-13H2,1H3. The van der Waals surface area contributed by atoms with Crippen LogP contribution in [0, 0.1) is 6.92 Å². The Morgan fingerprint density at radius 3 is 2.50 bits per heavy atom. The first-order valence-electron chi connectivity index (χ1n) is 9.32. The average Bonchev–Trinajstić information content (AvgIpc) is 2.89. The number of aromatic nitrogens is 1. The molecule has 1 aliphatic heterocycles. The van der Waals surface area contributed by atoms with Crippen molar-refractivity contribution >= 4 is 34.8 Å². The first kappa shape index (κ1) is 20.6. The Labute approximate surface area is 173 Å². The van der Waals surface area contributed by atoms with E-state index in [0.29, 0.717) is 26.4 Å². The van der Waals surface area contributed by atoms with Crippen molar-refractivity contribution in [3.05, 3.63) is 44.9 Å². The number of ether oxygens (including phenoxy) is 2. The summed E-state index contributed by atoms with van der Waals surface area (Å²) in [6, 6.07) is 7.03. The minimum Gasteiger partial charge on any atom is -0.486 e. The largest absolute Gasteiger partial charge is 0.486 e. The van der Waals surface area contributed by atoms with Crippen molar-refractivity contribution < 1.29 is 19.1 Å². The van der Waals surface area contributed by atoms with Gasteiger partial charge in [0.2, 0.25) is 0 Å². The van der Waals surface area contributed by atoms with E-state index < -0.39 is 5.97 Å². The third kappa shape index (κ3) is 5.69. The van der Waals surface area contributed by atoms with Crippen LogP contribution in [0.25, 0.3) is 0 Å². The van der Waals surface area contributed by atoms with Crippen LogP contribution in [0.5, 0.6) is 5.75 Å². The van der Waals surface area contributed by atoms with Crippen molar-refractivity contribution in [2.45, 2.75) is 39.2 Å². The third-order valence-electron chi connectivity index (χ3n) is 4.49. The Bertz CT molecular complexity index is 814. The number of hydrogen-bond donors (Lipinski definition) is 0. The second kappa shape index (κ2) is 9.89. The highest BCUT2D eigenvalue weighted by Crippen LogP contribution is 2.22. The van der Waals surface area contributed by atoms with Gasteiger partial charge in [-0.25, -0.2) is 9.78 Å². The normalized spacial score (nSPS) is 14.4. The van der Waals surface area contributed by atoms with Gasteiger partial charge in [-0.1, -0.05) is 24.4 Å². The molecule has 8 heteroatoms. The number of halogens is 1. The van der Waals surface area contributed by atoms with Gasteiger partial charge in [0.1, 0.15) is 22.2 Å². The summed E-state index contributed by atoms with van der Waals surface area (Å²) in [7, 11) is 0. The number of nitrogens with zero attached hydrogens (tertiary/aromatic N) is 2. The van der Waals surface area contributed by atoms with Gasteiger partial charge in [0.05, 0.1) is 5.69 Å². The van der Waals surface area contributed by atoms with Crippen LogP contribution < -0.4 is 4.74 Å². The predicted molar refractivity (Wildman–Crippen MR) is 108 cm³/mol. The lowest BCUT2D eigenvalue weighted by Crippen LogP contribution is -2.35. The molecular formula is C20H23ClN2O4S. The average molecular weight is 423 g/mol. The quantitative estimate of drug-likeness (QED) is 0.651. The maximum Gasteiger partial charge on any atom is 0.350 e. The van der Waals surface area contributed by atoms with Gasteiger partial charge in [0.15, 0.2) is 6.61 Å². The number of likely N-dealkylation sites (tertiary alicyclic amines) is 1. The molecular weight excluding hydrogens is 400 g/mol. The van der Waals surface area contributed by atoms with E-state index >= 15 is 0 Å². The number of hydrogen-bond acceptors (Lipinski definition) is 6. The molecule has 3 rings (SSSR count). The highest BCUT2D eigenvalue weighted by Gasteiger charge is 2.21. The zero-order chi connectivity index (χ0) is 19.9. The summed E-state index contributed by atoms with van der Waals surface area (Å²) in [5.41, 5.74) is 0.576. The molecule has 28 heavy (non-hydrogen) atoms. The number of carbonyl (C=O) groups is 2. The van der Waals surface area contributed by atoms with Gasteiger partial charge >= 0.3 is 5.97 Å². The molecule has 0 atom stereocenters. The van der Waals surface area contributed by atoms with Crippen molar-refractivity contribution in [1.82, 2.24) is 9.88 Å². The Kier molecular flexibility index (Phi) is 7.28. The molecule has 0 radical (unpaired) electrons. The van der Waals surface area contributed by atoms with Gasteiger partial charge in [-0.3, -0.25) is 4.79 Å². The Morgan fingerprint density at radius 1 is 1.14 bits per heavy atom. The lowest BCUT2D eigenvalue weighted by atomic mass is 10.2. The summed E-state index contributed by atoms with van der Waals surface area (Å²) in [6.45, 7) is 3.24. The smallest absolute Gasteiger partial charge is 0.350 e. The molecule has 150 valence electrons. The van der Waals surface area contributed by atoms with Crippen molar-refractivity contribution in [3.8, 4) is 5.75 Å². The maximum absolute atomic E-state index is 12.4. The van der Waals surface area contributed by atoms with E-state index in [9.17, 15) is 9.59 Å². The van der Waals surface area contributed by atoms with Gasteiger partial charge in [-0.05, 0) is 44.0 Å². The molecule has 1 fully saturated rings. The zero-order valence-electron chi connectivity index (χ0n) is 15.8. The molecule has 0 bridgehead atoms. The van der Waals surface area contributed by atoms with Crippen LogP contribution in [0.1, 0.15) is 46.1 Å². The highest BCUT2D eigenvalue weighted by molar-refractivity contribution is 7.13. The van der Waals surface area contributed by atoms with Crippen molar-refractivity contribution in [3.63, 3.8) is 0 Å². The fourth-order valence-electron chi connectivity index (χ4n) is 2.98. The fraction of sp³-hybridized carbons (Fsp3) is 0.450. The molecule has 1 aromatic carbocycles. The minimum atomic E-state index is -0.518. The number of amides is 1. The van der Waals surface area contributed by atoms with Gasteiger partial charge < -0.3 is 14.4 Å². The Balaban J connectivity index is 1.52. The number of carbonyl (C=O) groups excluding carboxylic acids is 2. The van der Waals surface area contributed by atoms with Gasteiger partial charge in [-0.15, -0.1) is 11.3 Å². The van der Waals surface area contributed by atoms with E-state index in [4.69, 9.17) is 21.1 Å². The summed E-state index contributed by atoms with van der Waals surface area (Å²) >= 11 is 7.07. The lowest BCUT2D eigenvalue weighted by Gasteiger charge is -2.19. The van der Waals surface area contributed by atoms with E-state index in [0.717, 1.165) is 38.8 Å². The number of esters is 1. The van der Waals surface area contributed by atoms with Gasteiger partial charge in [-0.2, -0.15) is 0 Å². The molecule has 0 spiro atoms. The second-order valence-corrected chi connectivity index (χ2v) is 8.16. The van der Waals surface area contributed by atoms with Crippen LogP contribution in [0.3, 0.4) is 0 Å². The molecule has 0 unspecified atom stereocenters. The molecule has 0 aliphatic carbocycles. The van der Waals surface area contributed by atoms with Gasteiger partial charge in [0.25, 0.3) is 5.91 Å². The Morgan fingerprint density at radius 2 is 1.82 bits per heavy atom. The first-order valence-corrected chi connectivity index (χ1v) is 10.5. The Hall–Kier alpha value is -2.12. The topological polar surface area (TPSA) is 68.7 Å². The van der Waals surface area contributed by atoms with Crippen molar-refractivity contribution in [2.24, 2.45) is 0 Å².